The summed E-state index contributed by atoms with van der Waals surface area (Å²) < 4.78 is 0. The van der Waals surface area contributed by atoms with E-state index in [1.807, 2.05) is 13.8 Å². The first kappa shape index (κ1) is 35.0. The molecule has 1 aliphatic rings. The van der Waals surface area contributed by atoms with Crippen LogP contribution < -0.4 is 11.5 Å². The number of rotatable bonds is 6. The first-order valence-electron chi connectivity index (χ1n) is 9.40. The predicted octanol–water partition coefficient (Wildman–Crippen LogP) is 1.89. The molecule has 0 bridgehead atoms. The second kappa shape index (κ2) is 24.5. The Balaban J connectivity index is -0.000000143. The van der Waals surface area contributed by atoms with E-state index in [0.29, 0.717) is 12.8 Å². The summed E-state index contributed by atoms with van der Waals surface area (Å²) in [4.78, 5) is 37.7. The molecule has 0 unspecified atom stereocenters. The van der Waals surface area contributed by atoms with Crippen molar-refractivity contribution < 1.29 is 60.7 Å². The third kappa shape index (κ3) is 34.4. The largest absolute Gasteiger partial charge is 0.481 e. The third-order valence-corrected chi connectivity index (χ3v) is 3.55. The van der Waals surface area contributed by atoms with E-state index in [0.717, 1.165) is 38.5 Å². The van der Waals surface area contributed by atoms with E-state index in [1.54, 1.807) is 0 Å². The van der Waals surface area contributed by atoms with Gasteiger partial charge in [0, 0.05) is 46.0 Å². The van der Waals surface area contributed by atoms with Gasteiger partial charge in [-0.25, -0.2) is 9.59 Å². The van der Waals surface area contributed by atoms with Gasteiger partial charge in [-0.3, -0.25) is 9.59 Å². The summed E-state index contributed by atoms with van der Waals surface area (Å²) in [6, 6.07) is 0.562. The van der Waals surface area contributed by atoms with Gasteiger partial charge in [0.15, 0.2) is 0 Å². The van der Waals surface area contributed by atoms with E-state index < -0.39 is 23.9 Å². The number of carboxylic acid groups (broad SMARTS) is 4. The number of unbranched alkanes of at least 4 members (excludes halogenated alkanes) is 2. The fraction of sp³-hybridized carbons (Fsp3) is 0.778. The number of hydrogen-bond donors (Lipinski definition) is 6. The molecule has 0 aromatic heterocycles. The summed E-state index contributed by atoms with van der Waals surface area (Å²) in [7, 11) is 0. The summed E-state index contributed by atoms with van der Waals surface area (Å²) in [5.41, 5.74) is 11.3. The van der Waals surface area contributed by atoms with Gasteiger partial charge in [0.2, 0.25) is 0 Å². The van der Waals surface area contributed by atoms with Crippen molar-refractivity contribution in [3.8, 4) is 0 Å². The molecule has 0 spiro atoms. The van der Waals surface area contributed by atoms with Crippen LogP contribution in [-0.4, -0.2) is 56.4 Å². The van der Waals surface area contributed by atoms with Crippen LogP contribution in [0.1, 0.15) is 78.1 Å². The van der Waals surface area contributed by atoms with Crippen molar-refractivity contribution in [3.63, 3.8) is 0 Å². The van der Waals surface area contributed by atoms with Gasteiger partial charge < -0.3 is 31.9 Å². The topological polar surface area (TPSA) is 201 Å². The Bertz CT molecular complexity index is 410. The smallest absolute Gasteiger partial charge is 0.414 e. The number of hydrogen-bond acceptors (Lipinski definition) is 6. The molecule has 0 radical (unpaired) electrons. The van der Waals surface area contributed by atoms with Gasteiger partial charge in [-0.1, -0.05) is 39.5 Å². The molecule has 1 aliphatic carbocycles. The van der Waals surface area contributed by atoms with Crippen LogP contribution in [0, 0.1) is 0 Å². The molecule has 1 saturated carbocycles. The van der Waals surface area contributed by atoms with Crippen LogP contribution in [0.3, 0.4) is 0 Å². The molecule has 1 rings (SSSR count). The molecule has 2 atom stereocenters. The van der Waals surface area contributed by atoms with Crippen molar-refractivity contribution in [2.45, 2.75) is 90.1 Å². The zero-order valence-corrected chi connectivity index (χ0v) is 19.4. The Hall–Kier alpha value is -1.51. The maximum absolute atomic E-state index is 9.76. The summed E-state index contributed by atoms with van der Waals surface area (Å²) in [6.07, 6.45) is 8.96. The van der Waals surface area contributed by atoms with Gasteiger partial charge in [-0.15, -0.1) is 0 Å². The summed E-state index contributed by atoms with van der Waals surface area (Å²) in [5.74, 6) is -5.03. The minimum atomic E-state index is -1.82. The minimum Gasteiger partial charge on any atom is -0.481 e. The second-order valence-corrected chi connectivity index (χ2v) is 6.22. The molecule has 1 fully saturated rings. The van der Waals surface area contributed by atoms with E-state index in [9.17, 15) is 9.59 Å². The molecule has 8 N–H and O–H groups in total. The van der Waals surface area contributed by atoms with E-state index in [2.05, 4.69) is 0 Å². The Morgan fingerprint density at radius 3 is 1.10 bits per heavy atom. The van der Waals surface area contributed by atoms with E-state index in [-0.39, 0.29) is 33.1 Å². The average Bonchev–Trinajstić information content (AvgIpc) is 2.62. The average molecular weight is 604 g/mol. The number of nitrogens with two attached hydrogens (primary N) is 2. The van der Waals surface area contributed by atoms with Crippen molar-refractivity contribution in [2.24, 2.45) is 11.5 Å². The monoisotopic (exact) mass is 603 g/mol. The third-order valence-electron chi connectivity index (χ3n) is 3.55. The molecule has 0 aromatic carbocycles. The van der Waals surface area contributed by atoms with Gasteiger partial charge >= 0.3 is 23.9 Å². The van der Waals surface area contributed by atoms with Crippen molar-refractivity contribution in [1.82, 2.24) is 0 Å². The van der Waals surface area contributed by atoms with Crippen LogP contribution in [0.15, 0.2) is 0 Å². The molecule has 176 valence electrons. The van der Waals surface area contributed by atoms with Crippen LogP contribution in [0.2, 0.25) is 0 Å². The molecular formula is C18H36N2O8Pt. The number of aliphatic carboxylic acids is 4. The zero-order chi connectivity index (χ0) is 22.5. The van der Waals surface area contributed by atoms with Gasteiger partial charge in [0.05, 0.1) is 0 Å². The summed E-state index contributed by atoms with van der Waals surface area (Å²) >= 11 is 0. The molecule has 0 amide bonds. The quantitative estimate of drug-likeness (QED) is 0.244. The van der Waals surface area contributed by atoms with Gasteiger partial charge in [-0.05, 0) is 25.7 Å². The molecular weight excluding hydrogens is 567 g/mol. The van der Waals surface area contributed by atoms with E-state index in [4.69, 9.17) is 41.5 Å². The van der Waals surface area contributed by atoms with Crippen LogP contribution in [-0.2, 0) is 40.2 Å². The van der Waals surface area contributed by atoms with Crippen molar-refractivity contribution in [2.75, 3.05) is 0 Å². The Morgan fingerprint density at radius 2 is 1.00 bits per heavy atom. The fourth-order valence-electron chi connectivity index (χ4n) is 1.84. The molecule has 29 heavy (non-hydrogen) atoms. The second-order valence-electron chi connectivity index (χ2n) is 6.22. The fourth-order valence-corrected chi connectivity index (χ4v) is 1.84. The molecule has 0 heterocycles. The van der Waals surface area contributed by atoms with Crippen molar-refractivity contribution in [3.05, 3.63) is 0 Å². The zero-order valence-electron chi connectivity index (χ0n) is 17.1. The van der Waals surface area contributed by atoms with Crippen LogP contribution in [0.25, 0.3) is 0 Å². The summed E-state index contributed by atoms with van der Waals surface area (Å²) in [5, 5.41) is 30.9. The Morgan fingerprint density at radius 1 is 0.724 bits per heavy atom. The predicted molar refractivity (Wildman–Crippen MR) is 104 cm³/mol. The van der Waals surface area contributed by atoms with Gasteiger partial charge in [0.1, 0.15) is 0 Å². The standard InChI is InChI=1S/C6H14N2.2C5H10O2.C2H2O4.Pt/c7-5-3-1-2-4-6(5)8;2*1-2-3-4-5(6)7;3-1(4)2(5)6;/h5-6H,1-4,7-8H2;2*2-4H2,1H3,(H,6,7);(H,3,4)(H,5,6);/t5-,6-;;;;/m1..../s1. The van der Waals surface area contributed by atoms with E-state index in [1.165, 1.54) is 12.8 Å². The molecule has 10 nitrogen and oxygen atoms in total. The Kier molecular flexibility index (Phi) is 29.6. The van der Waals surface area contributed by atoms with Crippen molar-refractivity contribution in [1.29, 1.82) is 0 Å². The molecule has 0 aliphatic heterocycles. The molecule has 11 heteroatoms. The van der Waals surface area contributed by atoms with Crippen LogP contribution >= 0.6 is 0 Å². The maximum atomic E-state index is 9.76. The van der Waals surface area contributed by atoms with Crippen LogP contribution in [0.5, 0.6) is 0 Å². The van der Waals surface area contributed by atoms with Gasteiger partial charge in [0.25, 0.3) is 0 Å². The first-order valence-corrected chi connectivity index (χ1v) is 9.40. The molecule has 0 saturated heterocycles. The summed E-state index contributed by atoms with van der Waals surface area (Å²) in [6.45, 7) is 3.95. The van der Waals surface area contributed by atoms with Crippen molar-refractivity contribution >= 4 is 23.9 Å². The number of carboxylic acids is 4. The normalized spacial score (nSPS) is 16.7. The van der Waals surface area contributed by atoms with Gasteiger partial charge in [-0.2, -0.15) is 0 Å². The number of carbonyl (C=O) groups is 4. The SMILES string of the molecule is CCCCC(=O)O.CCCCC(=O)O.N[C@@H]1CCCC[C@H]1N.O=C(O)C(=O)O.[Pt]. The first-order chi connectivity index (χ1) is 13.0. The Labute approximate surface area is 186 Å². The minimum absolute atomic E-state index is 0. The van der Waals surface area contributed by atoms with E-state index >= 15 is 0 Å². The van der Waals surface area contributed by atoms with Crippen LogP contribution in [0.4, 0.5) is 0 Å². The molecule has 0 aromatic rings. The maximum Gasteiger partial charge on any atom is 0.414 e.